The average Bonchev–Trinajstić information content (AvgIpc) is 3.22. The fourth-order valence-electron chi connectivity index (χ4n) is 4.01. The predicted molar refractivity (Wildman–Crippen MR) is 102 cm³/mol. The first-order valence-corrected chi connectivity index (χ1v) is 10.8. The molecule has 2 fully saturated rings. The smallest absolute Gasteiger partial charge is 0.352 e. The van der Waals surface area contributed by atoms with Gasteiger partial charge in [-0.05, 0) is 18.6 Å². The molecule has 0 aromatic carbocycles. The Bertz CT molecular complexity index is 1190. The lowest BCUT2D eigenvalue weighted by Gasteiger charge is -2.33. The van der Waals surface area contributed by atoms with Crippen molar-refractivity contribution in [2.45, 2.75) is 36.0 Å². The second-order valence-corrected chi connectivity index (χ2v) is 9.19. The molecule has 0 spiro atoms. The van der Waals surface area contributed by atoms with Crippen LogP contribution in [0.5, 0.6) is 0 Å². The first-order valence-electron chi connectivity index (χ1n) is 9.27. The van der Waals surface area contributed by atoms with Crippen LogP contribution in [0, 0.1) is 5.92 Å². The molecule has 2 bridgehead atoms. The fraction of sp³-hybridized carbons (Fsp3) is 0.389. The van der Waals surface area contributed by atoms with Crippen molar-refractivity contribution in [2.75, 3.05) is 16.8 Å². The molecule has 32 heavy (non-hydrogen) atoms. The summed E-state index contributed by atoms with van der Waals surface area (Å²) >= 11 is 0. The Hall–Kier alpha value is -2.87. The van der Waals surface area contributed by atoms with E-state index in [1.165, 1.54) is 11.0 Å². The lowest BCUT2D eigenvalue weighted by Crippen LogP contribution is -2.42. The van der Waals surface area contributed by atoms with E-state index in [-0.39, 0.29) is 24.5 Å². The monoisotopic (exact) mass is 477 g/mol. The number of amides is 1. The van der Waals surface area contributed by atoms with Crippen LogP contribution in [0.15, 0.2) is 35.6 Å². The summed E-state index contributed by atoms with van der Waals surface area (Å²) in [5, 5.41) is 6.73. The molecule has 2 aromatic heterocycles. The zero-order chi connectivity index (χ0) is 23.5. The van der Waals surface area contributed by atoms with Crippen molar-refractivity contribution < 1.29 is 35.2 Å². The van der Waals surface area contributed by atoms with Gasteiger partial charge in [-0.3, -0.25) is 4.79 Å². The van der Waals surface area contributed by atoms with Crippen LogP contribution in [0.4, 0.5) is 33.5 Å². The molecule has 1 amide bonds. The maximum Gasteiger partial charge on any atom is 0.417 e. The normalized spacial score (nSPS) is 22.2. The Morgan fingerprint density at radius 3 is 2.53 bits per heavy atom. The van der Waals surface area contributed by atoms with Gasteiger partial charge in [0.05, 0.1) is 11.1 Å². The van der Waals surface area contributed by atoms with Crippen LogP contribution in [-0.2, 0) is 16.2 Å². The first-order chi connectivity index (χ1) is 14.8. The molecule has 1 aliphatic heterocycles. The van der Waals surface area contributed by atoms with E-state index in [2.05, 4.69) is 15.3 Å². The van der Waals surface area contributed by atoms with Crippen LogP contribution in [0.2, 0.25) is 0 Å². The second-order valence-electron chi connectivity index (χ2n) is 7.68. The zero-order valence-corrected chi connectivity index (χ0v) is 16.9. The van der Waals surface area contributed by atoms with Gasteiger partial charge in [0.1, 0.15) is 5.82 Å². The molecule has 1 saturated carbocycles. The molecule has 172 valence electrons. The van der Waals surface area contributed by atoms with Crippen molar-refractivity contribution in [3.05, 3.63) is 41.7 Å². The van der Waals surface area contributed by atoms with E-state index >= 15 is 0 Å². The number of fused-ring (bicyclic) bond motifs is 2. The van der Waals surface area contributed by atoms with E-state index in [1.807, 2.05) is 0 Å². The summed E-state index contributed by atoms with van der Waals surface area (Å²) < 4.78 is 90.4. The van der Waals surface area contributed by atoms with E-state index in [9.17, 15) is 35.2 Å². The molecule has 2 aliphatic rings. The molecule has 8 nitrogen and oxygen atoms in total. The van der Waals surface area contributed by atoms with Crippen molar-refractivity contribution in [1.29, 1.82) is 0 Å². The highest BCUT2D eigenvalue weighted by atomic mass is 32.2. The Morgan fingerprint density at radius 2 is 1.97 bits per heavy atom. The highest BCUT2D eigenvalue weighted by Gasteiger charge is 2.56. The lowest BCUT2D eigenvalue weighted by molar-refractivity contribution is -0.137. The van der Waals surface area contributed by atoms with Crippen molar-refractivity contribution in [3.8, 4) is 0 Å². The number of nitrogens with zero attached hydrogens (tertiary/aromatic N) is 3. The van der Waals surface area contributed by atoms with Crippen LogP contribution in [0.3, 0.4) is 0 Å². The van der Waals surface area contributed by atoms with Gasteiger partial charge in [-0.2, -0.15) is 13.2 Å². The van der Waals surface area contributed by atoms with Gasteiger partial charge in [-0.1, -0.05) is 0 Å². The molecule has 1 aliphatic carbocycles. The number of halogens is 5. The number of anilines is 2. The van der Waals surface area contributed by atoms with Gasteiger partial charge in [-0.15, -0.1) is 0 Å². The summed E-state index contributed by atoms with van der Waals surface area (Å²) in [6.45, 7) is -0.152. The molecule has 14 heteroatoms. The molecule has 0 unspecified atom stereocenters. The predicted octanol–water partition coefficient (Wildman–Crippen LogP) is 2.63. The molecule has 2 aromatic rings. The van der Waals surface area contributed by atoms with Gasteiger partial charge in [0.25, 0.3) is 21.9 Å². The lowest BCUT2D eigenvalue weighted by atomic mass is 10.0. The first kappa shape index (κ1) is 22.3. The van der Waals surface area contributed by atoms with Crippen LogP contribution in [0.25, 0.3) is 0 Å². The number of rotatable bonds is 4. The number of pyridine rings is 2. The number of sulfonamides is 1. The summed E-state index contributed by atoms with van der Waals surface area (Å²) in [5.74, 6) is -5.04. The van der Waals surface area contributed by atoms with E-state index in [0.29, 0.717) is 12.3 Å². The van der Waals surface area contributed by atoms with E-state index < -0.39 is 62.6 Å². The molecule has 3 heterocycles. The Balaban J connectivity index is 1.70. The zero-order valence-electron chi connectivity index (χ0n) is 16.1. The minimum absolute atomic E-state index is 0.0909. The number of aromatic nitrogens is 2. The van der Waals surface area contributed by atoms with Gasteiger partial charge in [0.15, 0.2) is 5.03 Å². The van der Waals surface area contributed by atoms with Crippen molar-refractivity contribution in [1.82, 2.24) is 9.97 Å². The molecule has 0 radical (unpaired) electrons. The number of piperidine rings is 1. The van der Waals surface area contributed by atoms with Crippen molar-refractivity contribution in [2.24, 2.45) is 11.1 Å². The minimum atomic E-state index is -4.80. The fourth-order valence-corrected chi connectivity index (χ4v) is 4.51. The number of carbonyl (C=O) groups is 1. The quantitative estimate of drug-likeness (QED) is 0.654. The highest BCUT2D eigenvalue weighted by Crippen LogP contribution is 2.49. The van der Waals surface area contributed by atoms with Crippen molar-refractivity contribution in [3.63, 3.8) is 0 Å². The Labute approximate surface area is 178 Å². The third-order valence-electron chi connectivity index (χ3n) is 5.51. The third kappa shape index (κ3) is 4.11. The van der Waals surface area contributed by atoms with Crippen LogP contribution in [-0.4, -0.2) is 42.8 Å². The molecular weight excluding hydrogens is 461 g/mol. The molecule has 2 atom stereocenters. The topological polar surface area (TPSA) is 118 Å². The summed E-state index contributed by atoms with van der Waals surface area (Å²) in [7, 11) is -4.19. The number of nitrogens with one attached hydrogen (secondary N) is 1. The molecular formula is C18H16F5N5O3S. The summed E-state index contributed by atoms with van der Waals surface area (Å²) in [5.41, 5.74) is -1.77. The van der Waals surface area contributed by atoms with Gasteiger partial charge in [0, 0.05) is 49.1 Å². The number of alkyl halides is 5. The minimum Gasteiger partial charge on any atom is -0.352 e. The number of hydrogen-bond donors (Lipinski definition) is 2. The van der Waals surface area contributed by atoms with Gasteiger partial charge in [0.2, 0.25) is 0 Å². The standard InChI is InChI=1S/C18H16F5N5O3S/c19-17(20)6-12-3-10(17)8-28(12)15-13(4-9(7-26-15)18(21,22)23)16(29)27-11-1-2-25-14(5-11)32(24,30)31/h1-2,4-5,7,10,12H,3,6,8H2,(H2,24,30,31)(H,25,27,29)/t10-,12-/m0/s1. The van der Waals surface area contributed by atoms with Crippen molar-refractivity contribution >= 4 is 27.4 Å². The molecule has 1 saturated heterocycles. The van der Waals surface area contributed by atoms with Gasteiger partial charge in [-0.25, -0.2) is 32.3 Å². The summed E-state index contributed by atoms with van der Waals surface area (Å²) in [6, 6.07) is 2.07. The van der Waals surface area contributed by atoms with Crippen LogP contribution >= 0.6 is 0 Å². The SMILES string of the molecule is NS(=O)(=O)c1cc(NC(=O)c2cc(C(F)(F)F)cnc2N2C[C@@H]3C[C@H]2CC3(F)F)ccn1. The van der Waals surface area contributed by atoms with E-state index in [0.717, 1.165) is 12.3 Å². The number of nitrogens with two attached hydrogens (primary N) is 1. The molecule has 4 rings (SSSR count). The largest absolute Gasteiger partial charge is 0.417 e. The number of hydrogen-bond acceptors (Lipinski definition) is 6. The maximum absolute atomic E-state index is 13.9. The highest BCUT2D eigenvalue weighted by molar-refractivity contribution is 7.89. The van der Waals surface area contributed by atoms with Gasteiger partial charge >= 0.3 is 6.18 Å². The summed E-state index contributed by atoms with van der Waals surface area (Å²) in [4.78, 5) is 21.6. The third-order valence-corrected chi connectivity index (χ3v) is 6.32. The molecule has 3 N–H and O–H groups in total. The van der Waals surface area contributed by atoms with E-state index in [1.54, 1.807) is 0 Å². The van der Waals surface area contributed by atoms with Crippen LogP contribution < -0.4 is 15.4 Å². The maximum atomic E-state index is 13.9. The summed E-state index contributed by atoms with van der Waals surface area (Å²) in [6.07, 6.45) is -3.55. The average molecular weight is 477 g/mol. The Morgan fingerprint density at radius 1 is 1.25 bits per heavy atom. The Kier molecular flexibility index (Phi) is 5.12. The van der Waals surface area contributed by atoms with Gasteiger partial charge < -0.3 is 10.2 Å². The number of carbonyl (C=O) groups excluding carboxylic acids is 1. The number of primary sulfonamides is 1. The second kappa shape index (κ2) is 7.33. The van der Waals surface area contributed by atoms with Crippen LogP contribution in [0.1, 0.15) is 28.8 Å². The van der Waals surface area contributed by atoms with E-state index in [4.69, 9.17) is 5.14 Å².